The maximum atomic E-state index is 5.79. The Morgan fingerprint density at radius 1 is 1.21 bits per heavy atom. The molecule has 0 radical (unpaired) electrons. The molecule has 0 saturated heterocycles. The highest BCUT2D eigenvalue weighted by molar-refractivity contribution is 9.10. The lowest BCUT2D eigenvalue weighted by molar-refractivity contribution is 0.181. The van der Waals surface area contributed by atoms with Gasteiger partial charge in [0.2, 0.25) is 0 Å². The molecule has 0 aliphatic carbocycles. The van der Waals surface area contributed by atoms with Gasteiger partial charge < -0.3 is 15.2 Å². The number of ether oxygens (including phenoxy) is 2. The fraction of sp³-hybridized carbons (Fsp3) is 0.231. The van der Waals surface area contributed by atoms with Crippen molar-refractivity contribution in [3.05, 3.63) is 34.4 Å². The number of hydrogen-bond donors (Lipinski definition) is 1. The summed E-state index contributed by atoms with van der Waals surface area (Å²) in [5, 5.41) is 0. The molecule has 100 valence electrons. The van der Waals surface area contributed by atoms with Crippen molar-refractivity contribution < 1.29 is 9.47 Å². The molecule has 0 aliphatic heterocycles. The number of hydrogen-bond acceptors (Lipinski definition) is 5. The van der Waals surface area contributed by atoms with Crippen LogP contribution in [0.25, 0.3) is 11.4 Å². The highest BCUT2D eigenvalue weighted by Crippen LogP contribution is 2.30. The average molecular weight is 324 g/mol. The van der Waals surface area contributed by atoms with Gasteiger partial charge in [0.1, 0.15) is 11.6 Å². The summed E-state index contributed by atoms with van der Waals surface area (Å²) in [6.07, 6.45) is 0. The number of nitrogens with two attached hydrogens (primary N) is 1. The summed E-state index contributed by atoms with van der Waals surface area (Å²) >= 11 is 3.48. The molecule has 0 unspecified atom stereocenters. The van der Waals surface area contributed by atoms with Gasteiger partial charge in [-0.2, -0.15) is 0 Å². The van der Waals surface area contributed by atoms with Crippen molar-refractivity contribution in [1.82, 2.24) is 9.97 Å². The predicted octanol–water partition coefficient (Wildman–Crippen LogP) is 2.64. The third-order valence-electron chi connectivity index (χ3n) is 2.51. The molecular weight excluding hydrogens is 310 g/mol. The van der Waals surface area contributed by atoms with Gasteiger partial charge >= 0.3 is 0 Å². The van der Waals surface area contributed by atoms with E-state index in [1.54, 1.807) is 20.3 Å². The van der Waals surface area contributed by atoms with E-state index in [-0.39, 0.29) is 0 Å². The number of anilines is 1. The number of aromatic nitrogens is 2. The van der Waals surface area contributed by atoms with Crippen molar-refractivity contribution in [3.63, 3.8) is 0 Å². The lowest BCUT2D eigenvalue weighted by Gasteiger charge is -2.08. The predicted molar refractivity (Wildman–Crippen MR) is 76.8 cm³/mol. The summed E-state index contributed by atoms with van der Waals surface area (Å²) in [6.45, 7) is 0.390. The second kappa shape index (κ2) is 5.99. The molecule has 2 rings (SSSR count). The van der Waals surface area contributed by atoms with Gasteiger partial charge in [-0.15, -0.1) is 0 Å². The maximum Gasteiger partial charge on any atom is 0.163 e. The zero-order valence-corrected chi connectivity index (χ0v) is 12.3. The molecule has 2 N–H and O–H groups in total. The molecule has 5 nitrogen and oxygen atoms in total. The van der Waals surface area contributed by atoms with E-state index in [0.717, 1.165) is 21.5 Å². The normalized spacial score (nSPS) is 10.5. The van der Waals surface area contributed by atoms with Crippen LogP contribution in [-0.4, -0.2) is 24.2 Å². The molecule has 0 saturated carbocycles. The first kappa shape index (κ1) is 13.8. The van der Waals surface area contributed by atoms with Crippen LogP contribution in [-0.2, 0) is 11.3 Å². The zero-order chi connectivity index (χ0) is 13.8. The quantitative estimate of drug-likeness (QED) is 0.936. The van der Waals surface area contributed by atoms with E-state index >= 15 is 0 Å². The molecule has 1 aromatic carbocycles. The first-order valence-corrected chi connectivity index (χ1v) is 6.39. The van der Waals surface area contributed by atoms with Crippen molar-refractivity contribution in [3.8, 4) is 17.1 Å². The second-order valence-electron chi connectivity index (χ2n) is 3.89. The summed E-state index contributed by atoms with van der Waals surface area (Å²) in [5.41, 5.74) is 7.35. The van der Waals surface area contributed by atoms with Gasteiger partial charge in [-0.1, -0.05) is 15.9 Å². The van der Waals surface area contributed by atoms with Gasteiger partial charge in [-0.3, -0.25) is 0 Å². The summed E-state index contributed by atoms with van der Waals surface area (Å²) in [4.78, 5) is 8.68. The molecule has 2 aromatic rings. The van der Waals surface area contributed by atoms with E-state index in [1.165, 1.54) is 0 Å². The molecule has 0 atom stereocenters. The van der Waals surface area contributed by atoms with Crippen LogP contribution in [0.15, 0.2) is 28.7 Å². The Balaban J connectivity index is 2.51. The van der Waals surface area contributed by atoms with Crippen molar-refractivity contribution in [2.45, 2.75) is 6.61 Å². The molecule has 19 heavy (non-hydrogen) atoms. The zero-order valence-electron chi connectivity index (χ0n) is 10.7. The Bertz CT molecular complexity index is 590. The monoisotopic (exact) mass is 323 g/mol. The van der Waals surface area contributed by atoms with Crippen molar-refractivity contribution in [2.75, 3.05) is 20.0 Å². The molecule has 0 amide bonds. The lowest BCUT2D eigenvalue weighted by atomic mass is 10.2. The third kappa shape index (κ3) is 3.21. The van der Waals surface area contributed by atoms with Gasteiger partial charge in [0.15, 0.2) is 5.82 Å². The van der Waals surface area contributed by atoms with E-state index < -0.39 is 0 Å². The van der Waals surface area contributed by atoms with E-state index in [1.807, 2.05) is 18.2 Å². The van der Waals surface area contributed by atoms with Gasteiger partial charge in [-0.25, -0.2) is 9.97 Å². The standard InChI is InChI=1S/C13H14BrN3O2/c1-18-7-8-5-12(15)17-13(16-8)10-6-9(19-2)3-4-11(10)14/h3-6H,7H2,1-2H3,(H2,15,16,17). The molecule has 0 spiro atoms. The number of nitrogens with zero attached hydrogens (tertiary/aromatic N) is 2. The van der Waals surface area contributed by atoms with Crippen LogP contribution >= 0.6 is 15.9 Å². The molecule has 1 heterocycles. The fourth-order valence-electron chi connectivity index (χ4n) is 1.66. The summed E-state index contributed by atoms with van der Waals surface area (Å²) in [7, 11) is 3.23. The van der Waals surface area contributed by atoms with Gasteiger partial charge in [-0.05, 0) is 18.2 Å². The minimum atomic E-state index is 0.390. The first-order valence-electron chi connectivity index (χ1n) is 5.60. The smallest absolute Gasteiger partial charge is 0.163 e. The second-order valence-corrected chi connectivity index (χ2v) is 4.74. The minimum Gasteiger partial charge on any atom is -0.497 e. The summed E-state index contributed by atoms with van der Waals surface area (Å²) in [5.74, 6) is 1.68. The van der Waals surface area contributed by atoms with Crippen LogP contribution in [0.5, 0.6) is 5.75 Å². The Kier molecular flexibility index (Phi) is 4.34. The number of halogens is 1. The topological polar surface area (TPSA) is 70.3 Å². The van der Waals surface area contributed by atoms with Crippen LogP contribution in [0.3, 0.4) is 0 Å². The highest BCUT2D eigenvalue weighted by atomic mass is 79.9. The Labute approximate surface area is 119 Å². The number of rotatable bonds is 4. The largest absolute Gasteiger partial charge is 0.497 e. The van der Waals surface area contributed by atoms with E-state index in [4.69, 9.17) is 15.2 Å². The molecule has 0 aliphatic rings. The van der Waals surface area contributed by atoms with E-state index in [9.17, 15) is 0 Å². The number of nitrogen functional groups attached to an aromatic ring is 1. The molecule has 6 heteroatoms. The Morgan fingerprint density at radius 3 is 2.68 bits per heavy atom. The Hall–Kier alpha value is -1.66. The van der Waals surface area contributed by atoms with Gasteiger partial charge in [0.05, 0.1) is 19.4 Å². The van der Waals surface area contributed by atoms with Gasteiger partial charge in [0, 0.05) is 23.2 Å². The van der Waals surface area contributed by atoms with Gasteiger partial charge in [0.25, 0.3) is 0 Å². The SMILES string of the molecule is COCc1cc(N)nc(-c2cc(OC)ccc2Br)n1. The summed E-state index contributed by atoms with van der Waals surface area (Å²) < 4.78 is 11.2. The summed E-state index contributed by atoms with van der Waals surface area (Å²) in [6, 6.07) is 7.29. The minimum absolute atomic E-state index is 0.390. The van der Waals surface area contributed by atoms with Crippen LogP contribution < -0.4 is 10.5 Å². The third-order valence-corrected chi connectivity index (χ3v) is 3.20. The lowest BCUT2D eigenvalue weighted by Crippen LogP contribution is -2.01. The van der Waals surface area contributed by atoms with Crippen molar-refractivity contribution in [1.29, 1.82) is 0 Å². The maximum absolute atomic E-state index is 5.79. The number of benzene rings is 1. The molecule has 1 aromatic heterocycles. The van der Waals surface area contributed by atoms with Crippen LogP contribution in [0.4, 0.5) is 5.82 Å². The number of methoxy groups -OCH3 is 2. The van der Waals surface area contributed by atoms with Crippen LogP contribution in [0.2, 0.25) is 0 Å². The van der Waals surface area contributed by atoms with Crippen molar-refractivity contribution in [2.24, 2.45) is 0 Å². The van der Waals surface area contributed by atoms with Crippen LogP contribution in [0.1, 0.15) is 5.69 Å². The van der Waals surface area contributed by atoms with E-state index in [2.05, 4.69) is 25.9 Å². The average Bonchev–Trinajstić information content (AvgIpc) is 2.39. The van der Waals surface area contributed by atoms with Crippen LogP contribution in [0, 0.1) is 0 Å². The molecule has 0 bridgehead atoms. The Morgan fingerprint density at radius 2 is 2.00 bits per heavy atom. The molecule has 0 fully saturated rings. The first-order chi connectivity index (χ1) is 9.13. The highest BCUT2D eigenvalue weighted by Gasteiger charge is 2.10. The van der Waals surface area contributed by atoms with Crippen molar-refractivity contribution >= 4 is 21.7 Å². The molecular formula is C13H14BrN3O2. The fourth-order valence-corrected chi connectivity index (χ4v) is 2.09. The van der Waals surface area contributed by atoms with E-state index in [0.29, 0.717) is 18.2 Å².